The number of carboxylic acids is 3. The van der Waals surface area contributed by atoms with Crippen LogP contribution >= 0.6 is 0 Å². The van der Waals surface area contributed by atoms with E-state index in [1.807, 2.05) is 0 Å². The molecule has 0 saturated carbocycles. The molecule has 9 nitrogen and oxygen atoms in total. The van der Waals surface area contributed by atoms with Crippen molar-refractivity contribution in [3.8, 4) is 0 Å². The number of carboxylic acid groups (broad SMARTS) is 3. The number of quaternary nitrogens is 3. The van der Waals surface area contributed by atoms with Gasteiger partial charge in [-0.15, -0.1) is 0 Å². The number of carbonyl (C=O) groups is 3. The van der Waals surface area contributed by atoms with E-state index in [1.54, 1.807) is 0 Å². The van der Waals surface area contributed by atoms with Gasteiger partial charge in [-0.1, -0.05) is 69.7 Å². The summed E-state index contributed by atoms with van der Waals surface area (Å²) in [5.74, 6) is -3.95. The van der Waals surface area contributed by atoms with Gasteiger partial charge in [0.15, 0.2) is 0 Å². The summed E-state index contributed by atoms with van der Waals surface area (Å²) in [5.41, 5.74) is -0.727. The molecule has 1 aromatic carbocycles. The summed E-state index contributed by atoms with van der Waals surface area (Å²) in [5, 5.41) is 30.7. The third kappa shape index (κ3) is 61.3. The van der Waals surface area contributed by atoms with Crippen LogP contribution in [0.3, 0.4) is 0 Å². The SMILES string of the molecule is CCCCCCCCCC(=O)[O-].C[N+](C)(C)C.C[N+](C)(C)C.C[N+](C)(C)C.O=C([O-])c1ccccc1C(=O)[O-]. The zero-order valence-corrected chi connectivity index (χ0v) is 27.3. The second kappa shape index (κ2) is 23.4. The average molecular weight is 558 g/mol. The van der Waals surface area contributed by atoms with Gasteiger partial charge in [0.05, 0.1) is 96.5 Å². The molecule has 9 heteroatoms. The summed E-state index contributed by atoms with van der Waals surface area (Å²) in [6.07, 6.45) is 8.34. The second-order valence-electron chi connectivity index (χ2n) is 13.4. The summed E-state index contributed by atoms with van der Waals surface area (Å²) in [4.78, 5) is 30.7. The molecule has 0 heterocycles. The fourth-order valence-electron chi connectivity index (χ4n) is 2.07. The van der Waals surface area contributed by atoms with E-state index in [4.69, 9.17) is 0 Å². The van der Waals surface area contributed by atoms with Gasteiger partial charge in [0.25, 0.3) is 0 Å². The first-order valence-electron chi connectivity index (χ1n) is 13.5. The lowest BCUT2D eigenvalue weighted by Crippen LogP contribution is -2.29. The third-order valence-electron chi connectivity index (χ3n) is 3.35. The molecule has 0 aliphatic carbocycles. The van der Waals surface area contributed by atoms with Gasteiger partial charge in [0.1, 0.15) is 0 Å². The van der Waals surface area contributed by atoms with Crippen LogP contribution in [0.4, 0.5) is 0 Å². The van der Waals surface area contributed by atoms with Gasteiger partial charge < -0.3 is 43.2 Å². The van der Waals surface area contributed by atoms with E-state index in [0.717, 1.165) is 38.4 Å². The molecule has 0 aromatic heterocycles. The van der Waals surface area contributed by atoms with Crippen LogP contribution in [0.15, 0.2) is 24.3 Å². The normalized spacial score (nSPS) is 10.6. The van der Waals surface area contributed by atoms with E-state index >= 15 is 0 Å². The highest BCUT2D eigenvalue weighted by atomic mass is 16.4. The summed E-state index contributed by atoms with van der Waals surface area (Å²) in [7, 11) is 25.5. The maximum Gasteiger partial charge on any atom is 0.0721 e. The number of rotatable bonds is 10. The van der Waals surface area contributed by atoms with Crippen LogP contribution in [0.25, 0.3) is 0 Å². The highest BCUT2D eigenvalue weighted by Gasteiger charge is 2.01. The zero-order chi connectivity index (χ0) is 31.9. The fraction of sp³-hybridized carbons (Fsp3) is 0.700. The topological polar surface area (TPSA) is 120 Å². The quantitative estimate of drug-likeness (QED) is 0.315. The van der Waals surface area contributed by atoms with Crippen molar-refractivity contribution in [2.45, 2.75) is 58.3 Å². The molecule has 0 unspecified atom stereocenters. The molecule has 1 aromatic rings. The molecule has 0 bridgehead atoms. The number of hydrogen-bond donors (Lipinski definition) is 0. The van der Waals surface area contributed by atoms with Crippen LogP contribution < -0.4 is 15.3 Å². The minimum atomic E-state index is -1.52. The predicted molar refractivity (Wildman–Crippen MR) is 155 cm³/mol. The Morgan fingerprint density at radius 1 is 0.538 bits per heavy atom. The van der Waals surface area contributed by atoms with Crippen molar-refractivity contribution in [1.29, 1.82) is 0 Å². The van der Waals surface area contributed by atoms with E-state index in [-0.39, 0.29) is 17.5 Å². The standard InChI is InChI=1S/C10H20O2.C8H6O4.3C4H12N/c1-2-3-4-5-6-7-8-9-10(11)12;9-7(10)5-3-1-2-4-6(5)8(11)12;3*1-5(2,3)4/h2-9H2,1H3,(H,11,12);1-4H,(H,9,10)(H,11,12);3*1-4H3/q;;3*+1/p-3. The van der Waals surface area contributed by atoms with E-state index in [0.29, 0.717) is 0 Å². The number of hydrogen-bond acceptors (Lipinski definition) is 6. The highest BCUT2D eigenvalue weighted by molar-refractivity contribution is 5.99. The monoisotopic (exact) mass is 557 g/mol. The van der Waals surface area contributed by atoms with Crippen LogP contribution in [0, 0.1) is 0 Å². The Kier molecular flexibility index (Phi) is 26.1. The van der Waals surface area contributed by atoms with Crippen molar-refractivity contribution in [1.82, 2.24) is 0 Å². The van der Waals surface area contributed by atoms with E-state index in [2.05, 4.69) is 91.5 Å². The Hall–Kier alpha value is -2.49. The van der Waals surface area contributed by atoms with E-state index < -0.39 is 17.9 Å². The minimum absolute atomic E-state index is 0.230. The van der Waals surface area contributed by atoms with Gasteiger partial charge in [-0.2, -0.15) is 0 Å². The molecular weight excluding hydrogens is 498 g/mol. The van der Waals surface area contributed by atoms with Crippen LogP contribution in [0.1, 0.15) is 79.0 Å². The molecule has 0 aliphatic heterocycles. The molecule has 0 aliphatic rings. The molecule has 39 heavy (non-hydrogen) atoms. The Morgan fingerprint density at radius 2 is 0.795 bits per heavy atom. The van der Waals surface area contributed by atoms with Crippen molar-refractivity contribution in [3.63, 3.8) is 0 Å². The summed E-state index contributed by atoms with van der Waals surface area (Å²) >= 11 is 0. The van der Waals surface area contributed by atoms with Gasteiger partial charge in [0.2, 0.25) is 0 Å². The highest BCUT2D eigenvalue weighted by Crippen LogP contribution is 2.08. The Morgan fingerprint density at radius 3 is 1.03 bits per heavy atom. The van der Waals surface area contributed by atoms with E-state index in [9.17, 15) is 29.7 Å². The van der Waals surface area contributed by atoms with Crippen LogP contribution in [-0.2, 0) is 4.79 Å². The van der Waals surface area contributed by atoms with Crippen LogP contribution in [0.5, 0.6) is 0 Å². The van der Waals surface area contributed by atoms with E-state index in [1.165, 1.54) is 44.2 Å². The van der Waals surface area contributed by atoms with Gasteiger partial charge in [-0.25, -0.2) is 0 Å². The first-order valence-corrected chi connectivity index (χ1v) is 13.5. The third-order valence-corrected chi connectivity index (χ3v) is 3.35. The van der Waals surface area contributed by atoms with Crippen molar-refractivity contribution in [3.05, 3.63) is 35.4 Å². The molecule has 230 valence electrons. The van der Waals surface area contributed by atoms with Gasteiger partial charge in [-0.05, 0) is 12.8 Å². The van der Waals surface area contributed by atoms with Crippen molar-refractivity contribution in [2.75, 3.05) is 84.6 Å². The Bertz CT molecular complexity index is 697. The number of unbranched alkanes of at least 4 members (excludes halogenated alkanes) is 6. The van der Waals surface area contributed by atoms with Gasteiger partial charge >= 0.3 is 0 Å². The molecule has 0 radical (unpaired) electrons. The Labute approximate surface area is 239 Å². The number of carbonyl (C=O) groups excluding carboxylic acids is 3. The lowest BCUT2D eigenvalue weighted by Gasteiger charge is -2.14. The maximum atomic E-state index is 10.3. The van der Waals surface area contributed by atoms with Crippen molar-refractivity contribution < 1.29 is 43.2 Å². The van der Waals surface area contributed by atoms with Gasteiger partial charge in [0, 0.05) is 17.1 Å². The lowest BCUT2D eigenvalue weighted by atomic mass is 10.1. The van der Waals surface area contributed by atoms with Gasteiger partial charge in [-0.3, -0.25) is 0 Å². The number of benzene rings is 1. The van der Waals surface area contributed by atoms with Crippen LogP contribution in [-0.4, -0.2) is 116 Å². The van der Waals surface area contributed by atoms with Crippen molar-refractivity contribution >= 4 is 17.9 Å². The largest absolute Gasteiger partial charge is 0.550 e. The summed E-state index contributed by atoms with van der Waals surface area (Å²) in [6, 6.07) is 5.14. The second-order valence-corrected chi connectivity index (χ2v) is 13.4. The summed E-state index contributed by atoms with van der Waals surface area (Å²) < 4.78 is 3.00. The summed E-state index contributed by atoms with van der Waals surface area (Å²) in [6.45, 7) is 2.19. The molecule has 0 fully saturated rings. The average Bonchev–Trinajstić information content (AvgIpc) is 2.69. The molecule has 0 saturated heterocycles. The molecule has 0 atom stereocenters. The molecule has 0 N–H and O–H groups in total. The fourth-order valence-corrected chi connectivity index (χ4v) is 2.07. The molecular formula is C30H59N3O6. The maximum absolute atomic E-state index is 10.3. The number of aromatic carboxylic acids is 2. The molecule has 0 amide bonds. The minimum Gasteiger partial charge on any atom is -0.550 e. The predicted octanol–water partition coefficient (Wildman–Crippen LogP) is 1.26. The zero-order valence-electron chi connectivity index (χ0n) is 27.3. The first-order chi connectivity index (χ1) is 17.4. The smallest absolute Gasteiger partial charge is 0.0721 e. The molecule has 1 rings (SSSR count). The first kappa shape index (κ1) is 43.6. The van der Waals surface area contributed by atoms with Crippen LogP contribution in [0.2, 0.25) is 0 Å². The molecule has 0 spiro atoms. The number of nitrogens with zero attached hydrogens (tertiary/aromatic N) is 3. The number of aliphatic carboxylic acids is 1. The lowest BCUT2D eigenvalue weighted by molar-refractivity contribution is -0.849. The Balaban J connectivity index is -0.000000211. The van der Waals surface area contributed by atoms with Crippen molar-refractivity contribution in [2.24, 2.45) is 0 Å².